The minimum Gasteiger partial charge on any atom is -0.482 e. The topological polar surface area (TPSA) is 65.0 Å². The van der Waals surface area contributed by atoms with Crippen LogP contribution in [-0.2, 0) is 27.1 Å². The Kier molecular flexibility index (Phi) is 8.58. The lowest BCUT2D eigenvalue weighted by molar-refractivity contribution is -0.139. The molecule has 0 aliphatic heterocycles. The third-order valence-electron chi connectivity index (χ3n) is 7.26. The Hall–Kier alpha value is -1.59. The Bertz CT molecular complexity index is 688. The highest BCUT2D eigenvalue weighted by Crippen LogP contribution is 2.49. The van der Waals surface area contributed by atoms with Crippen molar-refractivity contribution in [3.05, 3.63) is 29.3 Å². The van der Waals surface area contributed by atoms with Crippen molar-refractivity contribution in [3.63, 3.8) is 0 Å². The van der Waals surface area contributed by atoms with E-state index in [1.54, 1.807) is 0 Å². The SMILES string of the molecule is CCCCCC(CC[C@@H]1C2Cc3cccc(OCC(=O)O)c3CC2C[C@H]1OC)OC. The first-order valence-corrected chi connectivity index (χ1v) is 11.6. The summed E-state index contributed by atoms with van der Waals surface area (Å²) in [6.07, 6.45) is 10.9. The van der Waals surface area contributed by atoms with Crippen molar-refractivity contribution in [1.82, 2.24) is 0 Å². The first kappa shape index (κ1) is 23.1. The van der Waals surface area contributed by atoms with E-state index >= 15 is 0 Å². The van der Waals surface area contributed by atoms with Gasteiger partial charge in [-0.2, -0.15) is 0 Å². The smallest absolute Gasteiger partial charge is 0.341 e. The molecule has 0 bridgehead atoms. The first-order valence-electron chi connectivity index (χ1n) is 11.6. The Morgan fingerprint density at radius 3 is 2.73 bits per heavy atom. The summed E-state index contributed by atoms with van der Waals surface area (Å²) in [6, 6.07) is 6.07. The van der Waals surface area contributed by atoms with Crippen LogP contribution in [0, 0.1) is 17.8 Å². The maximum absolute atomic E-state index is 10.9. The Morgan fingerprint density at radius 1 is 1.20 bits per heavy atom. The molecule has 0 aromatic heterocycles. The molecule has 5 nitrogen and oxygen atoms in total. The largest absolute Gasteiger partial charge is 0.482 e. The highest BCUT2D eigenvalue weighted by atomic mass is 16.5. The molecule has 3 unspecified atom stereocenters. The summed E-state index contributed by atoms with van der Waals surface area (Å²) >= 11 is 0. The number of carboxylic acids is 1. The minimum absolute atomic E-state index is 0.287. The second-order valence-corrected chi connectivity index (χ2v) is 9.01. The minimum atomic E-state index is -0.937. The van der Waals surface area contributed by atoms with Crippen molar-refractivity contribution in [2.24, 2.45) is 17.8 Å². The molecule has 1 saturated carbocycles. The van der Waals surface area contributed by atoms with Crippen molar-refractivity contribution < 1.29 is 24.1 Å². The second-order valence-electron chi connectivity index (χ2n) is 9.01. The van der Waals surface area contributed by atoms with Gasteiger partial charge in [0.05, 0.1) is 12.2 Å². The summed E-state index contributed by atoms with van der Waals surface area (Å²) in [5.74, 6) is 1.54. The standard InChI is InChI=1S/C25H38O5/c1-4-5-6-9-19(28-2)11-12-20-21-13-17-8-7-10-23(30-16-25(26)27)22(17)14-18(21)15-24(20)29-3/h7-8,10,18-21,24H,4-6,9,11-16H2,1-3H3,(H,26,27)/t18?,19?,20-,21?,24-/m1/s1. The van der Waals surface area contributed by atoms with E-state index in [4.69, 9.17) is 19.3 Å². The van der Waals surface area contributed by atoms with Crippen molar-refractivity contribution >= 4 is 5.97 Å². The van der Waals surface area contributed by atoms with Gasteiger partial charge in [0.15, 0.2) is 6.61 Å². The van der Waals surface area contributed by atoms with Gasteiger partial charge < -0.3 is 19.3 Å². The maximum atomic E-state index is 10.9. The number of fused-ring (bicyclic) bond motifs is 2. The Balaban J connectivity index is 1.67. The molecule has 1 N–H and O–H groups in total. The van der Waals surface area contributed by atoms with E-state index in [0.29, 0.717) is 30.0 Å². The van der Waals surface area contributed by atoms with Crippen LogP contribution in [0.15, 0.2) is 18.2 Å². The highest BCUT2D eigenvalue weighted by molar-refractivity contribution is 5.68. The lowest BCUT2D eigenvalue weighted by Gasteiger charge is -2.33. The van der Waals surface area contributed by atoms with E-state index in [9.17, 15) is 4.79 Å². The molecule has 1 aromatic carbocycles. The number of hydrogen-bond acceptors (Lipinski definition) is 4. The summed E-state index contributed by atoms with van der Waals surface area (Å²) in [7, 11) is 3.69. The lowest BCUT2D eigenvalue weighted by Crippen LogP contribution is -2.28. The molecule has 1 aromatic rings. The molecular formula is C25H38O5. The van der Waals surface area contributed by atoms with E-state index in [0.717, 1.165) is 44.3 Å². The molecule has 0 saturated heterocycles. The second kappa shape index (κ2) is 11.1. The average molecular weight is 419 g/mol. The molecule has 5 heteroatoms. The van der Waals surface area contributed by atoms with Gasteiger partial charge in [-0.05, 0) is 73.5 Å². The Labute approximate surface area is 181 Å². The average Bonchev–Trinajstić information content (AvgIpc) is 3.09. The monoisotopic (exact) mass is 418 g/mol. The van der Waals surface area contributed by atoms with Gasteiger partial charge >= 0.3 is 5.97 Å². The zero-order valence-electron chi connectivity index (χ0n) is 18.8. The van der Waals surface area contributed by atoms with Crippen LogP contribution in [0.5, 0.6) is 5.75 Å². The van der Waals surface area contributed by atoms with Gasteiger partial charge in [0.25, 0.3) is 0 Å². The zero-order valence-corrected chi connectivity index (χ0v) is 18.8. The molecule has 0 spiro atoms. The van der Waals surface area contributed by atoms with Crippen molar-refractivity contribution in [1.29, 1.82) is 0 Å². The van der Waals surface area contributed by atoms with Gasteiger partial charge in [-0.15, -0.1) is 0 Å². The van der Waals surface area contributed by atoms with Crippen LogP contribution in [0.3, 0.4) is 0 Å². The van der Waals surface area contributed by atoms with Gasteiger partial charge in [-0.25, -0.2) is 4.79 Å². The molecular weight excluding hydrogens is 380 g/mol. The molecule has 2 aliphatic rings. The number of rotatable bonds is 12. The summed E-state index contributed by atoms with van der Waals surface area (Å²) in [6.45, 7) is 1.95. The summed E-state index contributed by atoms with van der Waals surface area (Å²) < 4.78 is 17.3. The van der Waals surface area contributed by atoms with E-state index < -0.39 is 5.97 Å². The van der Waals surface area contributed by atoms with Crippen LogP contribution >= 0.6 is 0 Å². The number of benzene rings is 1. The zero-order chi connectivity index (χ0) is 21.5. The van der Waals surface area contributed by atoms with E-state index in [1.165, 1.54) is 30.4 Å². The van der Waals surface area contributed by atoms with Gasteiger partial charge in [0.1, 0.15) is 5.75 Å². The first-order chi connectivity index (χ1) is 14.6. The maximum Gasteiger partial charge on any atom is 0.341 e. The molecule has 5 atom stereocenters. The molecule has 2 aliphatic carbocycles. The van der Waals surface area contributed by atoms with Crippen molar-refractivity contribution in [3.8, 4) is 5.75 Å². The van der Waals surface area contributed by atoms with Gasteiger partial charge in [-0.3, -0.25) is 0 Å². The predicted molar refractivity (Wildman–Crippen MR) is 117 cm³/mol. The number of unbranched alkanes of at least 4 members (excludes halogenated alkanes) is 2. The number of aliphatic carboxylic acids is 1. The number of methoxy groups -OCH3 is 2. The summed E-state index contributed by atoms with van der Waals surface area (Å²) in [5.41, 5.74) is 2.51. The number of hydrogen-bond donors (Lipinski definition) is 1. The Morgan fingerprint density at radius 2 is 2.03 bits per heavy atom. The van der Waals surface area contributed by atoms with E-state index in [2.05, 4.69) is 13.0 Å². The molecule has 0 amide bonds. The summed E-state index contributed by atoms with van der Waals surface area (Å²) in [5, 5.41) is 8.97. The quantitative estimate of drug-likeness (QED) is 0.490. The fourth-order valence-electron chi connectivity index (χ4n) is 5.70. The van der Waals surface area contributed by atoms with Crippen LogP contribution in [0.1, 0.15) is 63.0 Å². The lowest BCUT2D eigenvalue weighted by atomic mass is 9.73. The normalized spacial score (nSPS) is 26.1. The third kappa shape index (κ3) is 5.55. The van der Waals surface area contributed by atoms with Gasteiger partial charge in [0, 0.05) is 14.2 Å². The number of carbonyl (C=O) groups is 1. The molecule has 0 heterocycles. The third-order valence-corrected chi connectivity index (χ3v) is 7.26. The van der Waals surface area contributed by atoms with Crippen LogP contribution < -0.4 is 4.74 Å². The molecule has 1 fully saturated rings. The number of carboxylic acid groups (broad SMARTS) is 1. The molecule has 30 heavy (non-hydrogen) atoms. The van der Waals surface area contributed by atoms with Crippen LogP contribution in [-0.4, -0.2) is 44.1 Å². The predicted octanol–water partition coefficient (Wildman–Crippen LogP) is 4.89. The number of ether oxygens (including phenoxy) is 3. The molecule has 3 rings (SSSR count). The van der Waals surface area contributed by atoms with Gasteiger partial charge in [-0.1, -0.05) is 38.3 Å². The van der Waals surface area contributed by atoms with E-state index in [-0.39, 0.29) is 6.61 Å². The van der Waals surface area contributed by atoms with Crippen LogP contribution in [0.4, 0.5) is 0 Å². The van der Waals surface area contributed by atoms with Crippen LogP contribution in [0.2, 0.25) is 0 Å². The highest BCUT2D eigenvalue weighted by Gasteiger charge is 2.45. The van der Waals surface area contributed by atoms with Crippen molar-refractivity contribution in [2.45, 2.75) is 76.9 Å². The summed E-state index contributed by atoms with van der Waals surface area (Å²) in [4.78, 5) is 10.9. The molecule has 0 radical (unpaired) electrons. The molecule has 168 valence electrons. The van der Waals surface area contributed by atoms with Crippen LogP contribution in [0.25, 0.3) is 0 Å². The van der Waals surface area contributed by atoms with Gasteiger partial charge in [0.2, 0.25) is 0 Å². The van der Waals surface area contributed by atoms with E-state index in [1.807, 2.05) is 26.4 Å². The fraction of sp³-hybridized carbons (Fsp3) is 0.720. The van der Waals surface area contributed by atoms with Crippen molar-refractivity contribution in [2.75, 3.05) is 20.8 Å². The fourth-order valence-corrected chi connectivity index (χ4v) is 5.70.